The van der Waals surface area contributed by atoms with Gasteiger partial charge in [0.25, 0.3) is 0 Å². The van der Waals surface area contributed by atoms with Crippen LogP contribution < -0.4 is 0 Å². The Morgan fingerprint density at radius 2 is 0.879 bits per heavy atom. The van der Waals surface area contributed by atoms with Gasteiger partial charge in [-0.1, -0.05) is 158 Å². The summed E-state index contributed by atoms with van der Waals surface area (Å²) in [6.07, 6.45) is 0. The van der Waals surface area contributed by atoms with Crippen LogP contribution in [0.1, 0.15) is 0 Å². The average molecular weight is 741 g/mol. The molecule has 12 rings (SSSR count). The Bertz CT molecular complexity index is 3460. The third-order valence-electron chi connectivity index (χ3n) is 11.4. The minimum atomic E-state index is 0.587. The van der Waals surface area contributed by atoms with Crippen LogP contribution >= 0.6 is 0 Å². The van der Waals surface area contributed by atoms with Crippen molar-refractivity contribution in [1.82, 2.24) is 19.5 Å². The van der Waals surface area contributed by atoms with Crippen LogP contribution in [0, 0.1) is 0 Å². The molecule has 3 aromatic heterocycles. The highest BCUT2D eigenvalue weighted by molar-refractivity contribution is 6.28. The fourth-order valence-electron chi connectivity index (χ4n) is 8.75. The molecule has 0 aliphatic heterocycles. The van der Waals surface area contributed by atoms with Crippen molar-refractivity contribution in [3.63, 3.8) is 0 Å². The van der Waals surface area contributed by atoms with Crippen LogP contribution in [0.15, 0.2) is 199 Å². The first-order chi connectivity index (χ1) is 28.7. The molecular formula is C53H32N4O. The van der Waals surface area contributed by atoms with Gasteiger partial charge < -0.3 is 8.98 Å². The molecule has 5 nitrogen and oxygen atoms in total. The Labute approximate surface area is 333 Å². The Morgan fingerprint density at radius 3 is 1.53 bits per heavy atom. The maximum atomic E-state index is 6.58. The standard InChI is InChI=1S/C53H32N4O/c1-3-12-33(13-4-1)34-22-24-38(25-23-34)52-54-51(37-16-5-2-6-17-37)55-53(56-52)42-20-11-21-47-48(42)43-32-39(28-31-46(43)58-47)57-44-29-26-35-14-7-9-18-40(35)49(44)50-41-19-10-8-15-36(41)27-30-45(50)57/h1-32H. The average Bonchev–Trinajstić information content (AvgIpc) is 3.85. The van der Waals surface area contributed by atoms with Crippen molar-refractivity contribution in [1.29, 1.82) is 0 Å². The van der Waals surface area contributed by atoms with Gasteiger partial charge in [0.2, 0.25) is 0 Å². The molecule has 270 valence electrons. The van der Waals surface area contributed by atoms with E-state index in [1.165, 1.54) is 32.3 Å². The van der Waals surface area contributed by atoms with Crippen LogP contribution in [0.25, 0.3) is 116 Å². The van der Waals surface area contributed by atoms with Crippen molar-refractivity contribution in [3.05, 3.63) is 194 Å². The Kier molecular flexibility index (Phi) is 7.16. The highest BCUT2D eigenvalue weighted by Gasteiger charge is 2.21. The number of rotatable bonds is 5. The van der Waals surface area contributed by atoms with Crippen LogP contribution in [0.4, 0.5) is 0 Å². The number of benzene rings is 9. The summed E-state index contributed by atoms with van der Waals surface area (Å²) in [5, 5.41) is 9.40. The van der Waals surface area contributed by atoms with Crippen LogP contribution in [0.3, 0.4) is 0 Å². The second-order valence-corrected chi connectivity index (χ2v) is 14.8. The van der Waals surface area contributed by atoms with E-state index in [1.807, 2.05) is 48.5 Å². The lowest BCUT2D eigenvalue weighted by Gasteiger charge is -2.11. The molecule has 9 aromatic carbocycles. The van der Waals surface area contributed by atoms with Gasteiger partial charge in [-0.25, -0.2) is 15.0 Å². The topological polar surface area (TPSA) is 56.7 Å². The summed E-state index contributed by atoms with van der Waals surface area (Å²) in [6.45, 7) is 0. The van der Waals surface area contributed by atoms with Gasteiger partial charge in [0.1, 0.15) is 11.2 Å². The smallest absolute Gasteiger partial charge is 0.164 e. The molecule has 0 spiro atoms. The maximum absolute atomic E-state index is 6.58. The van der Waals surface area contributed by atoms with E-state index in [0.29, 0.717) is 17.5 Å². The zero-order valence-corrected chi connectivity index (χ0v) is 31.2. The molecule has 0 unspecified atom stereocenters. The monoisotopic (exact) mass is 740 g/mol. The fourth-order valence-corrected chi connectivity index (χ4v) is 8.75. The Hall–Kier alpha value is -7.89. The highest BCUT2D eigenvalue weighted by Crippen LogP contribution is 2.43. The van der Waals surface area contributed by atoms with Crippen molar-refractivity contribution in [2.45, 2.75) is 0 Å². The number of hydrogen-bond acceptors (Lipinski definition) is 4. The first kappa shape index (κ1) is 32.4. The quantitative estimate of drug-likeness (QED) is 0.176. The summed E-state index contributed by atoms with van der Waals surface area (Å²) in [7, 11) is 0. The van der Waals surface area contributed by atoms with E-state index < -0.39 is 0 Å². The molecule has 0 aliphatic rings. The zero-order valence-electron chi connectivity index (χ0n) is 31.2. The molecule has 3 heterocycles. The predicted octanol–water partition coefficient (Wildman–Crippen LogP) is 13.8. The number of furan rings is 1. The Balaban J connectivity index is 1.08. The third kappa shape index (κ3) is 5.07. The first-order valence-electron chi connectivity index (χ1n) is 19.5. The molecule has 0 saturated heterocycles. The van der Waals surface area contributed by atoms with Crippen molar-refractivity contribution in [2.24, 2.45) is 0 Å². The summed E-state index contributed by atoms with van der Waals surface area (Å²) in [5.74, 6) is 1.81. The number of aromatic nitrogens is 4. The molecule has 0 bridgehead atoms. The molecule has 58 heavy (non-hydrogen) atoms. The summed E-state index contributed by atoms with van der Waals surface area (Å²) >= 11 is 0. The first-order valence-corrected chi connectivity index (χ1v) is 19.5. The molecule has 0 N–H and O–H groups in total. The molecule has 0 fully saturated rings. The van der Waals surface area contributed by atoms with E-state index in [1.54, 1.807) is 0 Å². The van der Waals surface area contributed by atoms with E-state index in [9.17, 15) is 0 Å². The van der Waals surface area contributed by atoms with Crippen molar-refractivity contribution >= 4 is 65.3 Å². The van der Waals surface area contributed by atoms with Crippen molar-refractivity contribution < 1.29 is 4.42 Å². The largest absolute Gasteiger partial charge is 0.456 e. The molecule has 0 aliphatic carbocycles. The molecule has 5 heteroatoms. The van der Waals surface area contributed by atoms with E-state index in [-0.39, 0.29) is 0 Å². The van der Waals surface area contributed by atoms with Crippen LogP contribution in [0.5, 0.6) is 0 Å². The maximum Gasteiger partial charge on any atom is 0.164 e. The SMILES string of the molecule is c1ccc(-c2ccc(-c3nc(-c4ccccc4)nc(-c4cccc5oc6ccc(-n7c8ccc9ccccc9c8c8c9ccccc9ccc87)cc6c45)n3)cc2)cc1. The Morgan fingerprint density at radius 1 is 0.345 bits per heavy atom. The third-order valence-corrected chi connectivity index (χ3v) is 11.4. The van der Waals surface area contributed by atoms with Crippen LogP contribution in [-0.4, -0.2) is 19.5 Å². The number of nitrogens with zero attached hydrogens (tertiary/aromatic N) is 4. The number of fused-ring (bicyclic) bond motifs is 10. The van der Waals surface area contributed by atoms with Gasteiger partial charge in [-0.3, -0.25) is 0 Å². The van der Waals surface area contributed by atoms with Gasteiger partial charge in [0, 0.05) is 43.9 Å². The van der Waals surface area contributed by atoms with Gasteiger partial charge in [0.05, 0.1) is 11.0 Å². The summed E-state index contributed by atoms with van der Waals surface area (Å²) in [4.78, 5) is 15.4. The fraction of sp³-hybridized carbons (Fsp3) is 0. The zero-order chi connectivity index (χ0) is 38.2. The molecule has 0 radical (unpaired) electrons. The second-order valence-electron chi connectivity index (χ2n) is 14.8. The minimum absolute atomic E-state index is 0.587. The van der Waals surface area contributed by atoms with Gasteiger partial charge in [0.15, 0.2) is 17.5 Å². The van der Waals surface area contributed by atoms with E-state index in [0.717, 1.165) is 66.5 Å². The summed E-state index contributed by atoms with van der Waals surface area (Å²) < 4.78 is 8.98. The minimum Gasteiger partial charge on any atom is -0.456 e. The molecule has 0 atom stereocenters. The second kappa shape index (κ2) is 12.8. The molecule has 0 saturated carbocycles. The van der Waals surface area contributed by atoms with Crippen molar-refractivity contribution in [3.8, 4) is 51.0 Å². The van der Waals surface area contributed by atoms with Crippen molar-refractivity contribution in [2.75, 3.05) is 0 Å². The van der Waals surface area contributed by atoms with E-state index >= 15 is 0 Å². The molecule has 0 amide bonds. The normalized spacial score (nSPS) is 11.8. The van der Waals surface area contributed by atoms with Crippen LogP contribution in [0.2, 0.25) is 0 Å². The van der Waals surface area contributed by atoms with Gasteiger partial charge >= 0.3 is 0 Å². The number of hydrogen-bond donors (Lipinski definition) is 0. The van der Waals surface area contributed by atoms with Crippen LogP contribution in [-0.2, 0) is 0 Å². The highest BCUT2D eigenvalue weighted by atomic mass is 16.3. The van der Waals surface area contributed by atoms with E-state index in [4.69, 9.17) is 19.4 Å². The lowest BCUT2D eigenvalue weighted by Crippen LogP contribution is -2.00. The van der Waals surface area contributed by atoms with Gasteiger partial charge in [-0.15, -0.1) is 0 Å². The van der Waals surface area contributed by atoms with Gasteiger partial charge in [-0.2, -0.15) is 0 Å². The van der Waals surface area contributed by atoms with Gasteiger partial charge in [-0.05, 0) is 69.1 Å². The van der Waals surface area contributed by atoms with E-state index in [2.05, 4.69) is 150 Å². The summed E-state index contributed by atoms with van der Waals surface area (Å²) in [5.41, 5.74) is 9.97. The molecule has 12 aromatic rings. The summed E-state index contributed by atoms with van der Waals surface area (Å²) in [6, 6.07) is 68.0. The lowest BCUT2D eigenvalue weighted by molar-refractivity contribution is 0.669. The molecular weight excluding hydrogens is 709 g/mol. The predicted molar refractivity (Wildman–Crippen MR) is 238 cm³/mol. The lowest BCUT2D eigenvalue weighted by atomic mass is 10.00.